The zero-order chi connectivity index (χ0) is 22.0. The molecule has 3 heterocycles. The van der Waals surface area contributed by atoms with Crippen LogP contribution < -0.4 is 5.56 Å². The number of nitrogens with zero attached hydrogens (tertiary/aromatic N) is 2. The highest BCUT2D eigenvalue weighted by Crippen LogP contribution is 2.36. The Kier molecular flexibility index (Phi) is 7.19. The number of aromatic nitrogens is 2. The summed E-state index contributed by atoms with van der Waals surface area (Å²) in [6.07, 6.45) is 5.80. The van der Waals surface area contributed by atoms with Crippen molar-refractivity contribution < 1.29 is 4.74 Å². The molecule has 2 aromatic heterocycles. The van der Waals surface area contributed by atoms with Gasteiger partial charge in [-0.2, -0.15) is 0 Å². The molecule has 31 heavy (non-hydrogen) atoms. The lowest BCUT2D eigenvalue weighted by atomic mass is 9.96. The molecule has 4 rings (SSSR count). The molecule has 1 aliphatic rings. The molecule has 0 saturated carbocycles. The van der Waals surface area contributed by atoms with Crippen LogP contribution in [-0.4, -0.2) is 21.4 Å². The van der Waals surface area contributed by atoms with Crippen molar-refractivity contribution in [3.8, 4) is 5.69 Å². The van der Waals surface area contributed by atoms with Crippen molar-refractivity contribution in [3.63, 3.8) is 0 Å². The molecule has 6 heteroatoms. The summed E-state index contributed by atoms with van der Waals surface area (Å²) in [4.78, 5) is 21.0. The van der Waals surface area contributed by atoms with Crippen LogP contribution in [0.3, 0.4) is 0 Å². The van der Waals surface area contributed by atoms with E-state index in [9.17, 15) is 4.79 Å². The Morgan fingerprint density at radius 1 is 1.26 bits per heavy atom. The molecule has 4 nitrogen and oxygen atoms in total. The van der Waals surface area contributed by atoms with Gasteiger partial charge in [-0.05, 0) is 36.5 Å². The summed E-state index contributed by atoms with van der Waals surface area (Å²) in [6, 6.07) is 8.11. The Hall–Kier alpha value is -1.63. The largest absolute Gasteiger partial charge is 0.372 e. The van der Waals surface area contributed by atoms with E-state index in [2.05, 4.69) is 33.8 Å². The fourth-order valence-corrected chi connectivity index (χ4v) is 6.32. The van der Waals surface area contributed by atoms with Gasteiger partial charge in [-0.3, -0.25) is 9.36 Å². The van der Waals surface area contributed by atoms with Crippen LogP contribution in [0.1, 0.15) is 62.5 Å². The van der Waals surface area contributed by atoms with E-state index in [1.54, 1.807) is 23.1 Å². The molecule has 0 fully saturated rings. The summed E-state index contributed by atoms with van der Waals surface area (Å²) >= 11 is 3.34. The van der Waals surface area contributed by atoms with Crippen LogP contribution >= 0.6 is 23.1 Å². The monoisotopic (exact) mass is 456 g/mol. The minimum Gasteiger partial charge on any atom is -0.372 e. The second-order valence-electron chi connectivity index (χ2n) is 8.71. The zero-order valence-corrected chi connectivity index (χ0v) is 20.6. The first-order valence-corrected chi connectivity index (χ1v) is 13.2. The van der Waals surface area contributed by atoms with Gasteiger partial charge in [-0.15, -0.1) is 11.3 Å². The minimum atomic E-state index is 0.0669. The van der Waals surface area contributed by atoms with E-state index in [-0.39, 0.29) is 11.7 Å². The van der Waals surface area contributed by atoms with E-state index >= 15 is 0 Å². The number of thioether (sulfide) groups is 1. The summed E-state index contributed by atoms with van der Waals surface area (Å²) in [7, 11) is 0. The number of thiophene rings is 1. The van der Waals surface area contributed by atoms with Crippen LogP contribution in [0.4, 0.5) is 0 Å². The number of benzene rings is 1. The highest BCUT2D eigenvalue weighted by molar-refractivity contribution is 7.99. The zero-order valence-electron chi connectivity index (χ0n) is 18.9. The summed E-state index contributed by atoms with van der Waals surface area (Å²) < 4.78 is 7.93. The Bertz CT molecular complexity index is 1120. The first-order chi connectivity index (χ1) is 15.0. The topological polar surface area (TPSA) is 44.1 Å². The van der Waals surface area contributed by atoms with E-state index < -0.39 is 0 Å². The lowest BCUT2D eigenvalue weighted by molar-refractivity contribution is 0.00200. The van der Waals surface area contributed by atoms with Crippen LogP contribution in [0.2, 0.25) is 0 Å². The van der Waals surface area contributed by atoms with Crippen molar-refractivity contribution in [1.82, 2.24) is 9.55 Å². The van der Waals surface area contributed by atoms with Crippen molar-refractivity contribution in [3.05, 3.63) is 50.6 Å². The van der Waals surface area contributed by atoms with Crippen molar-refractivity contribution in [2.24, 2.45) is 5.92 Å². The lowest BCUT2D eigenvalue weighted by Crippen LogP contribution is -2.28. The Balaban J connectivity index is 1.82. The number of unbranched alkanes of at least 4 members (excludes halogenated alkanes) is 3. The molecule has 1 aromatic carbocycles. The summed E-state index contributed by atoms with van der Waals surface area (Å²) in [5, 5.41) is 1.61. The molecular formula is C25H32N2O2S2. The first kappa shape index (κ1) is 22.6. The van der Waals surface area contributed by atoms with Crippen molar-refractivity contribution >= 4 is 33.3 Å². The number of ether oxygens (including phenoxy) is 1. The Labute approximate surface area is 193 Å². The summed E-state index contributed by atoms with van der Waals surface area (Å²) in [5.41, 5.74) is 3.25. The van der Waals surface area contributed by atoms with Gasteiger partial charge in [0.1, 0.15) is 4.83 Å². The third-order valence-corrected chi connectivity index (χ3v) is 8.16. The van der Waals surface area contributed by atoms with Gasteiger partial charge in [-0.25, -0.2) is 4.98 Å². The highest BCUT2D eigenvalue weighted by Gasteiger charge is 2.28. The minimum absolute atomic E-state index is 0.0669. The molecule has 166 valence electrons. The molecule has 0 spiro atoms. The van der Waals surface area contributed by atoms with Crippen molar-refractivity contribution in [1.29, 1.82) is 0 Å². The molecule has 0 radical (unpaired) electrons. The van der Waals surface area contributed by atoms with Crippen LogP contribution in [-0.2, 0) is 17.8 Å². The molecule has 0 amide bonds. The lowest BCUT2D eigenvalue weighted by Gasteiger charge is -2.26. The van der Waals surface area contributed by atoms with E-state index in [1.165, 1.54) is 19.3 Å². The maximum absolute atomic E-state index is 13.9. The van der Waals surface area contributed by atoms with E-state index in [0.717, 1.165) is 55.7 Å². The van der Waals surface area contributed by atoms with Gasteiger partial charge in [0.15, 0.2) is 5.16 Å². The summed E-state index contributed by atoms with van der Waals surface area (Å²) in [6.45, 7) is 9.24. The third kappa shape index (κ3) is 4.62. The number of rotatable bonds is 8. The fourth-order valence-electron chi connectivity index (χ4n) is 4.15. The Morgan fingerprint density at radius 2 is 2.06 bits per heavy atom. The van der Waals surface area contributed by atoms with Crippen LogP contribution in [0.25, 0.3) is 15.9 Å². The Morgan fingerprint density at radius 3 is 2.81 bits per heavy atom. The standard InChI is InChI=1S/C25H32N2O2S2/c1-5-6-7-10-13-30-25-26-23-22(18-14-20(16(2)3)29-15-21(18)31-23)24(28)27(25)19-12-9-8-11-17(19)4/h8-9,11-12,16,20H,5-7,10,13-15H2,1-4H3/t20-/m0/s1. The van der Waals surface area contributed by atoms with Gasteiger partial charge in [0, 0.05) is 17.1 Å². The van der Waals surface area contributed by atoms with Gasteiger partial charge in [-0.1, -0.05) is 70.0 Å². The maximum atomic E-state index is 13.9. The molecule has 0 unspecified atom stereocenters. The molecular weight excluding hydrogens is 424 g/mol. The maximum Gasteiger partial charge on any atom is 0.267 e. The highest BCUT2D eigenvalue weighted by atomic mass is 32.2. The number of hydrogen-bond acceptors (Lipinski definition) is 5. The molecule has 0 N–H and O–H groups in total. The average Bonchev–Trinajstić information content (AvgIpc) is 3.12. The second-order valence-corrected chi connectivity index (χ2v) is 10.9. The van der Waals surface area contributed by atoms with Gasteiger partial charge >= 0.3 is 0 Å². The summed E-state index contributed by atoms with van der Waals surface area (Å²) in [5.74, 6) is 1.40. The van der Waals surface area contributed by atoms with E-state index in [4.69, 9.17) is 9.72 Å². The van der Waals surface area contributed by atoms with Crippen LogP contribution in [0.5, 0.6) is 0 Å². The molecule has 1 aliphatic heterocycles. The van der Waals surface area contributed by atoms with E-state index in [0.29, 0.717) is 12.5 Å². The smallest absolute Gasteiger partial charge is 0.267 e. The number of hydrogen-bond donors (Lipinski definition) is 0. The van der Waals surface area contributed by atoms with Gasteiger partial charge < -0.3 is 4.74 Å². The molecule has 1 atom stereocenters. The number of aryl methyl sites for hydroxylation is 1. The predicted molar refractivity (Wildman–Crippen MR) is 132 cm³/mol. The fraction of sp³-hybridized carbons (Fsp3) is 0.520. The normalized spacial score (nSPS) is 16.2. The van der Waals surface area contributed by atoms with Gasteiger partial charge in [0.05, 0.1) is 23.8 Å². The molecule has 3 aromatic rings. The van der Waals surface area contributed by atoms with Gasteiger partial charge in [0.2, 0.25) is 0 Å². The second kappa shape index (κ2) is 9.88. The molecule has 0 bridgehead atoms. The van der Waals surface area contributed by atoms with Crippen LogP contribution in [0, 0.1) is 12.8 Å². The number of fused-ring (bicyclic) bond motifs is 3. The van der Waals surface area contributed by atoms with E-state index in [1.807, 2.05) is 22.8 Å². The van der Waals surface area contributed by atoms with Crippen LogP contribution in [0.15, 0.2) is 34.2 Å². The average molecular weight is 457 g/mol. The molecule has 0 saturated heterocycles. The number of para-hydroxylation sites is 1. The molecule has 0 aliphatic carbocycles. The quantitative estimate of drug-likeness (QED) is 0.220. The van der Waals surface area contributed by atoms with Crippen molar-refractivity contribution in [2.75, 3.05) is 5.75 Å². The van der Waals surface area contributed by atoms with Crippen molar-refractivity contribution in [2.45, 2.75) is 77.7 Å². The predicted octanol–water partition coefficient (Wildman–Crippen LogP) is 6.53. The SMILES string of the molecule is CCCCCCSc1nc2sc3c(c2c(=O)n1-c1ccccc1C)C[C@@H](C(C)C)OC3. The third-order valence-electron chi connectivity index (χ3n) is 6.04. The first-order valence-electron chi connectivity index (χ1n) is 11.4. The van der Waals surface area contributed by atoms with Gasteiger partial charge in [0.25, 0.3) is 5.56 Å².